The molecular formula is C20H33BrIN5O. The molecule has 0 aliphatic carbocycles. The number of nitrogens with zero attached hydrogens (tertiary/aromatic N) is 2. The number of hydrogen-bond donors (Lipinski definition) is 3. The largest absolute Gasteiger partial charge is 0.356 e. The van der Waals surface area contributed by atoms with Gasteiger partial charge in [-0.1, -0.05) is 28.9 Å². The molecule has 3 N–H and O–H groups in total. The number of amides is 1. The Balaban J connectivity index is 0.00000392. The fraction of sp³-hybridized carbons (Fsp3) is 0.600. The lowest BCUT2D eigenvalue weighted by molar-refractivity contribution is 0.0953. The lowest BCUT2D eigenvalue weighted by atomic mass is 10.1. The Labute approximate surface area is 194 Å². The first-order valence-corrected chi connectivity index (χ1v) is 10.6. The molecule has 6 nitrogen and oxygen atoms in total. The van der Waals surface area contributed by atoms with Crippen LogP contribution in [0.5, 0.6) is 0 Å². The maximum atomic E-state index is 12.1. The molecule has 1 fully saturated rings. The summed E-state index contributed by atoms with van der Waals surface area (Å²) in [4.78, 5) is 18.9. The molecule has 1 aromatic carbocycles. The van der Waals surface area contributed by atoms with Crippen molar-refractivity contribution in [1.29, 1.82) is 0 Å². The third kappa shape index (κ3) is 9.09. The van der Waals surface area contributed by atoms with Gasteiger partial charge in [-0.25, -0.2) is 0 Å². The zero-order valence-electron chi connectivity index (χ0n) is 16.8. The summed E-state index contributed by atoms with van der Waals surface area (Å²) in [7, 11) is 1.80. The minimum Gasteiger partial charge on any atom is -0.356 e. The van der Waals surface area contributed by atoms with E-state index >= 15 is 0 Å². The van der Waals surface area contributed by atoms with Crippen LogP contribution in [-0.2, 0) is 0 Å². The lowest BCUT2D eigenvalue weighted by Crippen LogP contribution is -2.49. The predicted molar refractivity (Wildman–Crippen MR) is 131 cm³/mol. The van der Waals surface area contributed by atoms with Crippen LogP contribution in [0.15, 0.2) is 33.7 Å². The Bertz CT molecular complexity index is 620. The normalized spacial score (nSPS) is 15.6. The first kappa shape index (κ1) is 25.2. The number of carbonyl (C=O) groups is 1. The molecule has 0 spiro atoms. The van der Waals surface area contributed by atoms with E-state index in [2.05, 4.69) is 48.7 Å². The number of guanidine groups is 1. The van der Waals surface area contributed by atoms with Gasteiger partial charge in [0.05, 0.1) is 0 Å². The van der Waals surface area contributed by atoms with Crippen molar-refractivity contribution in [3.8, 4) is 0 Å². The fourth-order valence-electron chi connectivity index (χ4n) is 3.23. The van der Waals surface area contributed by atoms with Gasteiger partial charge in [0.25, 0.3) is 5.91 Å². The molecule has 1 heterocycles. The molecule has 8 heteroatoms. The number of rotatable bonds is 8. The third-order valence-corrected chi connectivity index (χ3v) is 5.20. The Hall–Kier alpha value is -0.870. The number of halogens is 2. The van der Waals surface area contributed by atoms with Gasteiger partial charge in [-0.05, 0) is 50.4 Å². The van der Waals surface area contributed by atoms with Crippen molar-refractivity contribution >= 4 is 51.8 Å². The van der Waals surface area contributed by atoms with E-state index in [1.54, 1.807) is 7.05 Å². The van der Waals surface area contributed by atoms with Crippen LogP contribution >= 0.6 is 39.9 Å². The zero-order valence-corrected chi connectivity index (χ0v) is 20.8. The van der Waals surface area contributed by atoms with E-state index in [0.717, 1.165) is 49.3 Å². The van der Waals surface area contributed by atoms with E-state index in [0.29, 0.717) is 18.2 Å². The second-order valence-electron chi connectivity index (χ2n) is 6.88. The summed E-state index contributed by atoms with van der Waals surface area (Å²) in [5, 5.41) is 9.81. The Kier molecular flexibility index (Phi) is 12.7. The van der Waals surface area contributed by atoms with Crippen LogP contribution < -0.4 is 16.0 Å². The first-order chi connectivity index (χ1) is 13.1. The molecule has 0 bridgehead atoms. The van der Waals surface area contributed by atoms with Crippen LogP contribution in [0.3, 0.4) is 0 Å². The molecule has 28 heavy (non-hydrogen) atoms. The Morgan fingerprint density at radius 3 is 2.61 bits per heavy atom. The number of carbonyl (C=O) groups excluding carboxylic acids is 1. The molecule has 0 saturated carbocycles. The number of hydrogen-bond acceptors (Lipinski definition) is 3. The highest BCUT2D eigenvalue weighted by Gasteiger charge is 2.19. The summed E-state index contributed by atoms with van der Waals surface area (Å²) in [6.07, 6.45) is 4.38. The first-order valence-electron chi connectivity index (χ1n) is 9.85. The van der Waals surface area contributed by atoms with Gasteiger partial charge in [0.1, 0.15) is 0 Å². The van der Waals surface area contributed by atoms with Crippen molar-refractivity contribution in [2.75, 3.05) is 39.8 Å². The topological polar surface area (TPSA) is 68.8 Å². The summed E-state index contributed by atoms with van der Waals surface area (Å²) in [5.74, 6) is 0.805. The highest BCUT2D eigenvalue weighted by Crippen LogP contribution is 2.11. The molecule has 1 amide bonds. The monoisotopic (exact) mass is 565 g/mol. The van der Waals surface area contributed by atoms with Gasteiger partial charge in [0.2, 0.25) is 0 Å². The van der Waals surface area contributed by atoms with Gasteiger partial charge in [0, 0.05) is 49.3 Å². The van der Waals surface area contributed by atoms with Crippen molar-refractivity contribution in [2.45, 2.75) is 38.6 Å². The summed E-state index contributed by atoms with van der Waals surface area (Å²) < 4.78 is 0.909. The van der Waals surface area contributed by atoms with E-state index < -0.39 is 0 Å². The average molecular weight is 566 g/mol. The van der Waals surface area contributed by atoms with Gasteiger partial charge < -0.3 is 20.9 Å². The van der Waals surface area contributed by atoms with Crippen LogP contribution in [-0.4, -0.2) is 62.6 Å². The highest BCUT2D eigenvalue weighted by atomic mass is 127. The van der Waals surface area contributed by atoms with Crippen LogP contribution in [0.1, 0.15) is 43.0 Å². The fourth-order valence-corrected chi connectivity index (χ4v) is 3.63. The van der Waals surface area contributed by atoms with Gasteiger partial charge in [0.15, 0.2) is 5.96 Å². The van der Waals surface area contributed by atoms with Gasteiger partial charge in [-0.2, -0.15) is 0 Å². The Morgan fingerprint density at radius 2 is 1.96 bits per heavy atom. The molecule has 0 atom stereocenters. The van der Waals surface area contributed by atoms with Crippen molar-refractivity contribution < 1.29 is 4.79 Å². The SMILES string of the molecule is CCCN1CCC(NC(=NC)NCCCNC(=O)c2cccc(Br)c2)CC1.I. The number of nitrogens with one attached hydrogen (secondary N) is 3. The third-order valence-electron chi connectivity index (χ3n) is 4.71. The number of benzene rings is 1. The van der Waals surface area contributed by atoms with Crippen LogP contribution in [0.4, 0.5) is 0 Å². The Morgan fingerprint density at radius 1 is 1.25 bits per heavy atom. The van der Waals surface area contributed by atoms with Crippen molar-refractivity contribution in [1.82, 2.24) is 20.9 Å². The molecule has 1 aliphatic heterocycles. The molecule has 0 aromatic heterocycles. The van der Waals surface area contributed by atoms with E-state index in [-0.39, 0.29) is 29.9 Å². The summed E-state index contributed by atoms with van der Waals surface area (Å²) in [6.45, 7) is 7.15. The molecular weight excluding hydrogens is 533 g/mol. The standard InChI is InChI=1S/C20H32BrN5O.HI/c1-3-12-26-13-8-18(9-14-26)25-20(22-2)24-11-5-10-23-19(27)16-6-4-7-17(21)15-16;/h4,6-7,15,18H,3,5,8-14H2,1-2H3,(H,23,27)(H2,22,24,25);1H. The van der Waals surface area contributed by atoms with Gasteiger partial charge >= 0.3 is 0 Å². The van der Waals surface area contributed by atoms with E-state index in [1.165, 1.54) is 13.0 Å². The van der Waals surface area contributed by atoms with Gasteiger partial charge in [-0.3, -0.25) is 9.79 Å². The summed E-state index contributed by atoms with van der Waals surface area (Å²) in [6, 6.07) is 7.90. The molecule has 1 saturated heterocycles. The lowest BCUT2D eigenvalue weighted by Gasteiger charge is -2.32. The smallest absolute Gasteiger partial charge is 0.251 e. The van der Waals surface area contributed by atoms with Gasteiger partial charge in [-0.15, -0.1) is 24.0 Å². The van der Waals surface area contributed by atoms with Crippen molar-refractivity contribution in [3.63, 3.8) is 0 Å². The molecule has 0 unspecified atom stereocenters. The highest BCUT2D eigenvalue weighted by molar-refractivity contribution is 14.0. The minimum atomic E-state index is -0.0438. The molecule has 0 radical (unpaired) electrons. The minimum absolute atomic E-state index is 0. The second-order valence-corrected chi connectivity index (χ2v) is 7.79. The predicted octanol–water partition coefficient (Wildman–Crippen LogP) is 3.23. The average Bonchev–Trinajstić information content (AvgIpc) is 2.68. The van der Waals surface area contributed by atoms with Crippen molar-refractivity contribution in [3.05, 3.63) is 34.3 Å². The molecule has 1 aliphatic rings. The van der Waals surface area contributed by atoms with E-state index in [4.69, 9.17) is 0 Å². The maximum absolute atomic E-state index is 12.1. The summed E-state index contributed by atoms with van der Waals surface area (Å²) in [5.41, 5.74) is 0.671. The van der Waals surface area contributed by atoms with Crippen LogP contribution in [0.25, 0.3) is 0 Å². The molecule has 2 rings (SSSR count). The van der Waals surface area contributed by atoms with E-state index in [1.807, 2.05) is 24.3 Å². The van der Waals surface area contributed by atoms with Crippen LogP contribution in [0.2, 0.25) is 0 Å². The van der Waals surface area contributed by atoms with E-state index in [9.17, 15) is 4.79 Å². The second kappa shape index (κ2) is 14.2. The number of likely N-dealkylation sites (tertiary alicyclic amines) is 1. The molecule has 1 aromatic rings. The summed E-state index contributed by atoms with van der Waals surface area (Å²) >= 11 is 3.39. The van der Waals surface area contributed by atoms with Crippen LogP contribution in [0, 0.1) is 0 Å². The quantitative estimate of drug-likeness (QED) is 0.196. The number of aliphatic imine (C=N–C) groups is 1. The van der Waals surface area contributed by atoms with Crippen molar-refractivity contribution in [2.24, 2.45) is 4.99 Å². The zero-order chi connectivity index (χ0) is 19.5. The number of piperidine rings is 1. The molecule has 158 valence electrons. The maximum Gasteiger partial charge on any atom is 0.251 e.